The number of likely N-dealkylation sites (tertiary alicyclic amines) is 1. The molecule has 53 heavy (non-hydrogen) atoms. The summed E-state index contributed by atoms with van der Waals surface area (Å²) in [7, 11) is 0. The highest BCUT2D eigenvalue weighted by atomic mass is 32.2. The lowest BCUT2D eigenvalue weighted by atomic mass is 9.84. The van der Waals surface area contributed by atoms with Gasteiger partial charge in [-0.05, 0) is 67.5 Å². The van der Waals surface area contributed by atoms with Crippen molar-refractivity contribution >= 4 is 23.8 Å². The Labute approximate surface area is 315 Å². The summed E-state index contributed by atoms with van der Waals surface area (Å²) in [6, 6.07) is 35.4. The molecule has 1 fully saturated rings. The minimum Gasteiger partial charge on any atom is -0.444 e. The van der Waals surface area contributed by atoms with Crippen LogP contribution in [0.4, 0.5) is 18.0 Å². The van der Waals surface area contributed by atoms with E-state index in [1.54, 1.807) is 11.0 Å². The highest BCUT2D eigenvalue weighted by Crippen LogP contribution is 2.52. The number of carbonyl (C=O) groups excluding carboxylic acids is 2. The summed E-state index contributed by atoms with van der Waals surface area (Å²) in [6.07, 6.45) is -3.54. The van der Waals surface area contributed by atoms with Gasteiger partial charge in [-0.25, -0.2) is 4.79 Å². The van der Waals surface area contributed by atoms with E-state index in [1.165, 1.54) is 6.07 Å². The first kappa shape index (κ1) is 39.9. The first-order valence-corrected chi connectivity index (χ1v) is 19.1. The first-order chi connectivity index (χ1) is 25.2. The molecule has 0 unspecified atom stereocenters. The Morgan fingerprint density at radius 1 is 0.830 bits per heavy atom. The van der Waals surface area contributed by atoms with Crippen LogP contribution < -0.4 is 10.6 Å². The second kappa shape index (κ2) is 17.2. The summed E-state index contributed by atoms with van der Waals surface area (Å²) in [5.74, 6) is -0.388. The van der Waals surface area contributed by atoms with Crippen LogP contribution in [0, 0.1) is 5.92 Å². The molecule has 1 aliphatic heterocycles. The van der Waals surface area contributed by atoms with Crippen molar-refractivity contribution in [3.63, 3.8) is 0 Å². The zero-order valence-electron chi connectivity index (χ0n) is 31.0. The molecule has 2 amide bonds. The van der Waals surface area contributed by atoms with Gasteiger partial charge in [0, 0.05) is 30.9 Å². The number of nitrogens with zero attached hydrogens (tertiary/aromatic N) is 1. The first-order valence-electron chi connectivity index (χ1n) is 18.2. The highest BCUT2D eigenvalue weighted by molar-refractivity contribution is 8.01. The molecule has 0 spiro atoms. The van der Waals surface area contributed by atoms with Gasteiger partial charge in [-0.2, -0.15) is 13.2 Å². The van der Waals surface area contributed by atoms with Crippen molar-refractivity contribution in [2.24, 2.45) is 5.92 Å². The van der Waals surface area contributed by atoms with Gasteiger partial charge in [0.1, 0.15) is 5.60 Å². The summed E-state index contributed by atoms with van der Waals surface area (Å²) in [5, 5.41) is 6.30. The molecule has 0 aliphatic carbocycles. The fraction of sp³-hybridized carbons (Fsp3) is 0.395. The van der Waals surface area contributed by atoms with Gasteiger partial charge in [0.2, 0.25) is 5.91 Å². The van der Waals surface area contributed by atoms with E-state index >= 15 is 0 Å². The van der Waals surface area contributed by atoms with E-state index in [0.29, 0.717) is 31.5 Å². The van der Waals surface area contributed by atoms with Gasteiger partial charge >= 0.3 is 12.3 Å². The smallest absolute Gasteiger partial charge is 0.416 e. The zero-order chi connectivity index (χ0) is 38.2. The van der Waals surface area contributed by atoms with E-state index in [0.717, 1.165) is 28.8 Å². The number of hydrogen-bond donors (Lipinski definition) is 2. The molecule has 5 rings (SSSR count). The van der Waals surface area contributed by atoms with E-state index in [-0.39, 0.29) is 29.7 Å². The third-order valence-electron chi connectivity index (χ3n) is 9.68. The maximum absolute atomic E-state index is 13.8. The van der Waals surface area contributed by atoms with Gasteiger partial charge in [0.15, 0.2) is 0 Å². The number of halogens is 3. The quantitative estimate of drug-likeness (QED) is 0.134. The molecular weight excluding hydrogens is 696 g/mol. The van der Waals surface area contributed by atoms with Crippen LogP contribution in [-0.4, -0.2) is 52.9 Å². The van der Waals surface area contributed by atoms with Crippen LogP contribution >= 0.6 is 11.8 Å². The van der Waals surface area contributed by atoms with Gasteiger partial charge in [0.25, 0.3) is 0 Å². The number of amides is 2. The average molecular weight is 746 g/mol. The molecule has 282 valence electrons. The normalized spacial score (nSPS) is 17.6. The van der Waals surface area contributed by atoms with E-state index < -0.39 is 34.2 Å². The molecule has 1 saturated heterocycles. The SMILES string of the molecule is CC[C@H](C)[C@H](NC[C@H]1C[C@@H](SC(c2ccccc2)(c2ccccc2)c2ccccc2)CN1C(=O)OC(C)(C)C)C(=O)NCc1cccc(C(F)(F)F)c1. The number of hydrogen-bond acceptors (Lipinski definition) is 5. The van der Waals surface area contributed by atoms with Crippen molar-refractivity contribution in [1.29, 1.82) is 0 Å². The molecule has 0 aromatic heterocycles. The second-order valence-corrected chi connectivity index (χ2v) is 16.2. The largest absolute Gasteiger partial charge is 0.444 e. The molecule has 4 atom stereocenters. The highest BCUT2D eigenvalue weighted by Gasteiger charge is 2.45. The molecule has 1 heterocycles. The average Bonchev–Trinajstić information content (AvgIpc) is 3.55. The molecular formula is C43H50F3N3O3S. The number of carbonyl (C=O) groups is 2. The minimum absolute atomic E-state index is 0.00767. The van der Waals surface area contributed by atoms with Crippen molar-refractivity contribution in [1.82, 2.24) is 15.5 Å². The Morgan fingerprint density at radius 3 is 1.85 bits per heavy atom. The number of thioether (sulfide) groups is 1. The number of benzene rings is 4. The molecule has 1 aliphatic rings. The van der Waals surface area contributed by atoms with Gasteiger partial charge in [-0.1, -0.05) is 123 Å². The molecule has 4 aromatic carbocycles. The molecule has 0 bridgehead atoms. The Kier molecular flexibility index (Phi) is 13.0. The number of rotatable bonds is 13. The van der Waals surface area contributed by atoms with Crippen molar-refractivity contribution in [3.8, 4) is 0 Å². The van der Waals surface area contributed by atoms with Crippen LogP contribution in [0.3, 0.4) is 0 Å². The molecule has 4 aromatic rings. The van der Waals surface area contributed by atoms with Gasteiger partial charge in [-0.15, -0.1) is 11.8 Å². The molecule has 2 N–H and O–H groups in total. The van der Waals surface area contributed by atoms with Crippen molar-refractivity contribution in [2.75, 3.05) is 13.1 Å². The van der Waals surface area contributed by atoms with Crippen LogP contribution in [0.15, 0.2) is 115 Å². The van der Waals surface area contributed by atoms with E-state index in [4.69, 9.17) is 4.74 Å². The van der Waals surface area contributed by atoms with Crippen LogP contribution in [-0.2, 0) is 27.0 Å². The predicted octanol–water partition coefficient (Wildman–Crippen LogP) is 9.43. The second-order valence-electron chi connectivity index (χ2n) is 14.7. The van der Waals surface area contributed by atoms with Gasteiger partial charge in [0.05, 0.1) is 16.4 Å². The Morgan fingerprint density at radius 2 is 1.36 bits per heavy atom. The van der Waals surface area contributed by atoms with Gasteiger partial charge < -0.3 is 20.3 Å². The summed E-state index contributed by atoms with van der Waals surface area (Å²) in [5.41, 5.74) is 2.28. The van der Waals surface area contributed by atoms with Crippen molar-refractivity contribution in [3.05, 3.63) is 143 Å². The standard InChI is InChI=1S/C43H50F3N3O3S/c1-6-30(2)38(39(50)48-27-31-17-16-24-35(25-31)43(44,45)46)47-28-36-26-37(29-49(36)40(51)52-41(3,4)5)53-42(32-18-10-7-11-19-32,33-20-12-8-13-21-33)34-22-14-9-15-23-34/h7-25,30,36-38,47H,6,26-29H2,1-5H3,(H,48,50)/t30-,36+,37+,38-/m0/s1. The van der Waals surface area contributed by atoms with Crippen LogP contribution in [0.2, 0.25) is 0 Å². The van der Waals surface area contributed by atoms with Crippen LogP contribution in [0.5, 0.6) is 0 Å². The molecule has 0 radical (unpaired) electrons. The van der Waals surface area contributed by atoms with Crippen LogP contribution in [0.25, 0.3) is 0 Å². The minimum atomic E-state index is -4.47. The molecule has 6 nitrogen and oxygen atoms in total. The van der Waals surface area contributed by atoms with Gasteiger partial charge in [-0.3, -0.25) is 4.79 Å². The van der Waals surface area contributed by atoms with Crippen molar-refractivity contribution < 1.29 is 27.5 Å². The Hall–Kier alpha value is -4.28. The van der Waals surface area contributed by atoms with E-state index in [2.05, 4.69) is 83.4 Å². The van der Waals surface area contributed by atoms with E-state index in [9.17, 15) is 22.8 Å². The fourth-order valence-electron chi connectivity index (χ4n) is 6.88. The lowest BCUT2D eigenvalue weighted by Gasteiger charge is -2.37. The fourth-order valence-corrected chi connectivity index (χ4v) is 8.75. The van der Waals surface area contributed by atoms with Crippen molar-refractivity contribution in [2.45, 2.75) is 87.9 Å². The third kappa shape index (κ3) is 10.0. The van der Waals surface area contributed by atoms with E-state index in [1.807, 2.05) is 64.6 Å². The predicted molar refractivity (Wildman–Crippen MR) is 206 cm³/mol. The summed E-state index contributed by atoms with van der Waals surface area (Å²) in [4.78, 5) is 29.2. The number of alkyl halides is 3. The topological polar surface area (TPSA) is 70.7 Å². The number of ether oxygens (including phenoxy) is 1. The lowest BCUT2D eigenvalue weighted by Crippen LogP contribution is -2.52. The molecule has 0 saturated carbocycles. The zero-order valence-corrected chi connectivity index (χ0v) is 31.8. The Bertz CT molecular complexity index is 1690. The summed E-state index contributed by atoms with van der Waals surface area (Å²) < 4.78 is 45.3. The summed E-state index contributed by atoms with van der Waals surface area (Å²) in [6.45, 7) is 10.2. The maximum atomic E-state index is 13.8. The monoisotopic (exact) mass is 745 g/mol. The molecule has 10 heteroatoms. The Balaban J connectivity index is 1.41. The third-order valence-corrected chi connectivity index (χ3v) is 11.4. The number of nitrogens with one attached hydrogen (secondary N) is 2. The maximum Gasteiger partial charge on any atom is 0.416 e. The lowest BCUT2D eigenvalue weighted by molar-refractivity contribution is -0.137. The van der Waals surface area contributed by atoms with Crippen LogP contribution in [0.1, 0.15) is 75.3 Å². The summed E-state index contributed by atoms with van der Waals surface area (Å²) >= 11 is 1.83.